The Bertz CT molecular complexity index is 295. The Hall–Kier alpha value is -1.83. The Balaban J connectivity index is 4.03. The largest absolute Gasteiger partial charge is 0.480 e. The predicted molar refractivity (Wildman–Crippen MR) is 60.8 cm³/mol. The Morgan fingerprint density at radius 1 is 1.35 bits per heavy atom. The van der Waals surface area contributed by atoms with E-state index in [2.05, 4.69) is 10.6 Å². The van der Waals surface area contributed by atoms with Crippen molar-refractivity contribution in [2.45, 2.75) is 31.8 Å². The molecule has 0 aliphatic carbocycles. The molecule has 0 spiro atoms. The Labute approximate surface area is 98.7 Å². The van der Waals surface area contributed by atoms with Gasteiger partial charge in [-0.2, -0.15) is 0 Å². The maximum Gasteiger partial charge on any atom is 0.320 e. The van der Waals surface area contributed by atoms with Gasteiger partial charge in [-0.1, -0.05) is 0 Å². The molecule has 0 amide bonds. The predicted octanol–water partition coefficient (Wildman–Crippen LogP) is -1.23. The smallest absolute Gasteiger partial charge is 0.320 e. The van der Waals surface area contributed by atoms with Gasteiger partial charge in [0.15, 0.2) is 5.96 Å². The second kappa shape index (κ2) is 7.44. The molecule has 2 atom stereocenters. The fourth-order valence-corrected chi connectivity index (χ4v) is 1.18. The summed E-state index contributed by atoms with van der Waals surface area (Å²) < 4.78 is 0. The number of hydrogen-bond donors (Lipinski definition) is 6. The topological polar surface area (TPSA) is 149 Å². The van der Waals surface area contributed by atoms with Gasteiger partial charge in [0.25, 0.3) is 0 Å². The first kappa shape index (κ1) is 15.2. The molecule has 0 aliphatic rings. The number of aliphatic carboxylic acids is 2. The third kappa shape index (κ3) is 7.12. The van der Waals surface area contributed by atoms with Gasteiger partial charge in [-0.05, 0) is 19.8 Å². The van der Waals surface area contributed by atoms with Crippen LogP contribution in [0.1, 0.15) is 19.8 Å². The van der Waals surface area contributed by atoms with Crippen LogP contribution in [0.15, 0.2) is 0 Å². The minimum Gasteiger partial charge on any atom is -0.480 e. The van der Waals surface area contributed by atoms with Crippen LogP contribution >= 0.6 is 0 Å². The van der Waals surface area contributed by atoms with Gasteiger partial charge in [0.1, 0.15) is 12.1 Å². The van der Waals surface area contributed by atoms with Crippen LogP contribution in [0.25, 0.3) is 0 Å². The first-order valence-corrected chi connectivity index (χ1v) is 5.14. The highest BCUT2D eigenvalue weighted by Gasteiger charge is 2.22. The van der Waals surface area contributed by atoms with Crippen molar-refractivity contribution in [1.82, 2.24) is 10.6 Å². The number of carboxylic acid groups (broad SMARTS) is 2. The van der Waals surface area contributed by atoms with Crippen molar-refractivity contribution >= 4 is 17.9 Å². The van der Waals surface area contributed by atoms with Gasteiger partial charge in [-0.3, -0.25) is 20.3 Å². The van der Waals surface area contributed by atoms with Crippen molar-refractivity contribution in [1.29, 1.82) is 5.41 Å². The third-order valence-electron chi connectivity index (χ3n) is 2.10. The molecule has 0 heterocycles. The van der Waals surface area contributed by atoms with E-state index in [-0.39, 0.29) is 12.4 Å². The molecule has 0 fully saturated rings. The maximum absolute atomic E-state index is 10.8. The highest BCUT2D eigenvalue weighted by Crippen LogP contribution is 1.99. The van der Waals surface area contributed by atoms with Gasteiger partial charge in [-0.25, -0.2) is 0 Å². The lowest BCUT2D eigenvalue weighted by atomic mass is 10.1. The minimum atomic E-state index is -1.10. The lowest BCUT2D eigenvalue weighted by Crippen LogP contribution is -2.46. The van der Waals surface area contributed by atoms with Crippen LogP contribution in [-0.4, -0.2) is 46.7 Å². The summed E-state index contributed by atoms with van der Waals surface area (Å²) in [5.74, 6) is -2.37. The summed E-state index contributed by atoms with van der Waals surface area (Å²) >= 11 is 0. The Morgan fingerprint density at radius 2 is 1.94 bits per heavy atom. The molecule has 0 saturated carbocycles. The number of carbonyl (C=O) groups is 2. The molecule has 0 aromatic rings. The molecule has 0 bridgehead atoms. The molecule has 7 N–H and O–H groups in total. The fraction of sp³-hybridized carbons (Fsp3) is 0.667. The molecule has 0 aromatic carbocycles. The summed E-state index contributed by atoms with van der Waals surface area (Å²) in [5, 5.41) is 29.4. The number of rotatable bonds is 8. The van der Waals surface area contributed by atoms with Crippen LogP contribution in [0.3, 0.4) is 0 Å². The van der Waals surface area contributed by atoms with E-state index in [1.807, 2.05) is 0 Å². The summed E-state index contributed by atoms with van der Waals surface area (Å²) in [6.45, 7) is 1.76. The van der Waals surface area contributed by atoms with Crippen LogP contribution in [0.4, 0.5) is 0 Å². The summed E-state index contributed by atoms with van der Waals surface area (Å²) in [4.78, 5) is 21.4. The summed E-state index contributed by atoms with van der Waals surface area (Å²) in [6, 6.07) is -1.84. The van der Waals surface area contributed by atoms with Gasteiger partial charge in [-0.15, -0.1) is 0 Å². The van der Waals surface area contributed by atoms with Gasteiger partial charge in [0.2, 0.25) is 0 Å². The average molecular weight is 246 g/mol. The van der Waals surface area contributed by atoms with Crippen molar-refractivity contribution in [3.05, 3.63) is 0 Å². The molecule has 0 rings (SSSR count). The number of nitrogens with two attached hydrogens (primary N) is 1. The molecule has 98 valence electrons. The molecular weight excluding hydrogens is 228 g/mol. The zero-order valence-electron chi connectivity index (χ0n) is 9.56. The van der Waals surface area contributed by atoms with Crippen molar-refractivity contribution in [3.63, 3.8) is 0 Å². The van der Waals surface area contributed by atoms with Crippen LogP contribution in [0.2, 0.25) is 0 Å². The number of nitrogens with one attached hydrogen (secondary N) is 3. The van der Waals surface area contributed by atoms with E-state index in [0.717, 1.165) is 0 Å². The van der Waals surface area contributed by atoms with E-state index >= 15 is 0 Å². The molecule has 0 unspecified atom stereocenters. The van der Waals surface area contributed by atoms with Crippen molar-refractivity contribution in [2.24, 2.45) is 5.73 Å². The van der Waals surface area contributed by atoms with Gasteiger partial charge < -0.3 is 21.3 Å². The van der Waals surface area contributed by atoms with E-state index in [1.54, 1.807) is 0 Å². The van der Waals surface area contributed by atoms with Crippen LogP contribution in [0, 0.1) is 5.41 Å². The molecule has 0 radical (unpaired) electrons. The molecule has 17 heavy (non-hydrogen) atoms. The van der Waals surface area contributed by atoms with E-state index < -0.39 is 24.0 Å². The van der Waals surface area contributed by atoms with Crippen LogP contribution in [0.5, 0.6) is 0 Å². The van der Waals surface area contributed by atoms with E-state index in [4.69, 9.17) is 21.4 Å². The molecule has 0 saturated heterocycles. The van der Waals surface area contributed by atoms with Crippen molar-refractivity contribution in [3.8, 4) is 0 Å². The van der Waals surface area contributed by atoms with Gasteiger partial charge in [0, 0.05) is 6.54 Å². The standard InChI is InChI=1S/C9H18N4O4/c1-5(7(14)15)13-6(8(16)17)3-2-4-12-9(10)11/h5-6,13H,2-4H2,1H3,(H,14,15)(H,16,17)(H4,10,11,12)/t5-,6-/m1/s1. The first-order chi connectivity index (χ1) is 7.84. The molecular formula is C9H18N4O4. The highest BCUT2D eigenvalue weighted by molar-refractivity contribution is 5.77. The number of guanidine groups is 1. The molecule has 0 aliphatic heterocycles. The van der Waals surface area contributed by atoms with E-state index in [0.29, 0.717) is 13.0 Å². The molecule has 8 heteroatoms. The summed E-state index contributed by atoms with van der Waals surface area (Å²) in [5.41, 5.74) is 5.05. The second-order valence-electron chi connectivity index (χ2n) is 3.60. The Kier molecular flexibility index (Phi) is 6.64. The van der Waals surface area contributed by atoms with Gasteiger partial charge in [0.05, 0.1) is 0 Å². The molecule has 0 aromatic heterocycles. The summed E-state index contributed by atoms with van der Waals surface area (Å²) in [6.07, 6.45) is 0.725. The maximum atomic E-state index is 10.8. The average Bonchev–Trinajstić information content (AvgIpc) is 2.21. The first-order valence-electron chi connectivity index (χ1n) is 5.14. The fourth-order valence-electron chi connectivity index (χ4n) is 1.18. The minimum absolute atomic E-state index is 0.177. The van der Waals surface area contributed by atoms with Gasteiger partial charge >= 0.3 is 11.9 Å². The normalized spacial score (nSPS) is 13.7. The number of carboxylic acids is 2. The SMILES string of the molecule is C[C@@H](N[C@H](CCCNC(=N)N)C(=O)O)C(=O)O. The molecule has 8 nitrogen and oxygen atoms in total. The third-order valence-corrected chi connectivity index (χ3v) is 2.10. The number of hydrogen-bond acceptors (Lipinski definition) is 4. The summed E-state index contributed by atoms with van der Waals surface area (Å²) in [7, 11) is 0. The van der Waals surface area contributed by atoms with E-state index in [1.165, 1.54) is 6.92 Å². The lowest BCUT2D eigenvalue weighted by molar-refractivity contribution is -0.142. The van der Waals surface area contributed by atoms with Crippen LogP contribution in [-0.2, 0) is 9.59 Å². The van der Waals surface area contributed by atoms with E-state index in [9.17, 15) is 9.59 Å². The lowest BCUT2D eigenvalue weighted by Gasteiger charge is -2.17. The zero-order valence-corrected chi connectivity index (χ0v) is 9.56. The second-order valence-corrected chi connectivity index (χ2v) is 3.60. The highest BCUT2D eigenvalue weighted by atomic mass is 16.4. The van der Waals surface area contributed by atoms with Crippen LogP contribution < -0.4 is 16.4 Å². The van der Waals surface area contributed by atoms with Crippen molar-refractivity contribution in [2.75, 3.05) is 6.54 Å². The Morgan fingerprint density at radius 3 is 2.35 bits per heavy atom. The zero-order chi connectivity index (χ0) is 13.4. The van der Waals surface area contributed by atoms with Crippen molar-refractivity contribution < 1.29 is 19.8 Å². The quantitative estimate of drug-likeness (QED) is 0.178. The monoisotopic (exact) mass is 246 g/mol.